The number of aryl methyl sites for hydroxylation is 4. The van der Waals surface area contributed by atoms with Crippen LogP contribution in [-0.2, 0) is 7.05 Å². The SMILES string of the molecule is Cc1ccc2c(c1)c1ccc3c4cc(C)ccc4n(-c4ccccc4C)c3c1n2C. The van der Waals surface area contributed by atoms with Gasteiger partial charge in [-0.1, -0.05) is 53.6 Å². The molecule has 0 saturated carbocycles. The predicted octanol–water partition coefficient (Wildman–Crippen LogP) is 7.35. The summed E-state index contributed by atoms with van der Waals surface area (Å²) in [7, 11) is 2.20. The lowest BCUT2D eigenvalue weighted by Gasteiger charge is -2.12. The minimum Gasteiger partial charge on any atom is -0.342 e. The van der Waals surface area contributed by atoms with E-state index in [4.69, 9.17) is 0 Å². The van der Waals surface area contributed by atoms with Crippen molar-refractivity contribution >= 4 is 43.6 Å². The van der Waals surface area contributed by atoms with Gasteiger partial charge < -0.3 is 9.13 Å². The van der Waals surface area contributed by atoms with Crippen LogP contribution in [0.3, 0.4) is 0 Å². The van der Waals surface area contributed by atoms with Gasteiger partial charge in [0.1, 0.15) is 0 Å². The molecule has 0 amide bonds. The van der Waals surface area contributed by atoms with Crippen molar-refractivity contribution in [2.45, 2.75) is 20.8 Å². The lowest BCUT2D eigenvalue weighted by Crippen LogP contribution is -1.98. The second-order valence-corrected chi connectivity index (χ2v) is 8.58. The Bertz CT molecular complexity index is 1630. The zero-order valence-electron chi connectivity index (χ0n) is 17.8. The highest BCUT2D eigenvalue weighted by Gasteiger charge is 2.19. The van der Waals surface area contributed by atoms with Gasteiger partial charge in [0, 0.05) is 39.8 Å². The minimum absolute atomic E-state index is 1.25. The van der Waals surface area contributed by atoms with Crippen LogP contribution in [0.5, 0.6) is 0 Å². The number of rotatable bonds is 1. The standard InChI is InChI=1S/C28H24N2/c1-17-9-13-25-22(15-17)20-11-12-21-23-16-18(2)10-14-26(23)30(28(21)27(20)29(25)4)24-8-6-5-7-19(24)3/h5-16H,1-4H3. The first-order valence-electron chi connectivity index (χ1n) is 10.5. The third-order valence-corrected chi connectivity index (χ3v) is 6.55. The lowest BCUT2D eigenvalue weighted by atomic mass is 10.1. The fourth-order valence-corrected chi connectivity index (χ4v) is 5.10. The van der Waals surface area contributed by atoms with Crippen LogP contribution in [0.4, 0.5) is 0 Å². The second kappa shape index (κ2) is 5.99. The molecule has 0 spiro atoms. The van der Waals surface area contributed by atoms with Crippen LogP contribution in [-0.4, -0.2) is 9.13 Å². The summed E-state index contributed by atoms with van der Waals surface area (Å²) in [6.07, 6.45) is 0. The number of hydrogen-bond donors (Lipinski definition) is 0. The van der Waals surface area contributed by atoms with Crippen molar-refractivity contribution in [2.24, 2.45) is 7.05 Å². The molecular weight excluding hydrogens is 364 g/mol. The zero-order chi connectivity index (χ0) is 20.6. The van der Waals surface area contributed by atoms with E-state index in [1.807, 2.05) is 0 Å². The van der Waals surface area contributed by atoms with E-state index >= 15 is 0 Å². The smallest absolute Gasteiger partial charge is 0.0785 e. The molecule has 0 saturated heterocycles. The van der Waals surface area contributed by atoms with E-state index in [1.165, 1.54) is 66.0 Å². The fourth-order valence-electron chi connectivity index (χ4n) is 5.10. The van der Waals surface area contributed by atoms with Crippen LogP contribution >= 0.6 is 0 Å². The third-order valence-electron chi connectivity index (χ3n) is 6.55. The number of aromatic nitrogens is 2. The molecule has 0 unspecified atom stereocenters. The van der Waals surface area contributed by atoms with E-state index in [0.717, 1.165) is 0 Å². The molecule has 2 heterocycles. The molecule has 0 fully saturated rings. The van der Waals surface area contributed by atoms with Crippen LogP contribution in [0.15, 0.2) is 72.8 Å². The van der Waals surface area contributed by atoms with Gasteiger partial charge in [0.05, 0.1) is 16.6 Å². The fraction of sp³-hybridized carbons (Fsp3) is 0.143. The molecule has 0 atom stereocenters. The average molecular weight is 389 g/mol. The average Bonchev–Trinajstić information content (AvgIpc) is 3.20. The minimum atomic E-state index is 1.25. The summed E-state index contributed by atoms with van der Waals surface area (Å²) in [5, 5.41) is 5.27. The Morgan fingerprint density at radius 3 is 1.87 bits per heavy atom. The summed E-state index contributed by atoms with van der Waals surface area (Å²) >= 11 is 0. The Morgan fingerprint density at radius 1 is 0.567 bits per heavy atom. The summed E-state index contributed by atoms with van der Waals surface area (Å²) in [4.78, 5) is 0. The van der Waals surface area contributed by atoms with Gasteiger partial charge in [-0.3, -0.25) is 0 Å². The normalized spacial score (nSPS) is 12.0. The highest BCUT2D eigenvalue weighted by atomic mass is 15.0. The van der Waals surface area contributed by atoms with Crippen LogP contribution in [0, 0.1) is 20.8 Å². The van der Waals surface area contributed by atoms with Crippen molar-refractivity contribution in [1.82, 2.24) is 9.13 Å². The molecule has 0 aliphatic rings. The van der Waals surface area contributed by atoms with Crippen molar-refractivity contribution < 1.29 is 0 Å². The molecule has 0 radical (unpaired) electrons. The molecule has 146 valence electrons. The first-order valence-corrected chi connectivity index (χ1v) is 10.5. The molecule has 0 aliphatic heterocycles. The molecule has 6 aromatic rings. The molecule has 4 aromatic carbocycles. The van der Waals surface area contributed by atoms with Gasteiger partial charge in [0.15, 0.2) is 0 Å². The highest BCUT2D eigenvalue weighted by molar-refractivity contribution is 6.23. The van der Waals surface area contributed by atoms with Gasteiger partial charge in [0.25, 0.3) is 0 Å². The molecule has 0 N–H and O–H groups in total. The highest BCUT2D eigenvalue weighted by Crippen LogP contribution is 2.40. The molecule has 2 nitrogen and oxygen atoms in total. The Morgan fingerprint density at radius 2 is 1.17 bits per heavy atom. The summed E-state index contributed by atoms with van der Waals surface area (Å²) in [6, 6.07) is 26.9. The van der Waals surface area contributed by atoms with E-state index in [-0.39, 0.29) is 0 Å². The van der Waals surface area contributed by atoms with Crippen LogP contribution < -0.4 is 0 Å². The Kier molecular flexibility index (Phi) is 3.47. The van der Waals surface area contributed by atoms with Crippen molar-refractivity contribution in [3.8, 4) is 5.69 Å². The number of fused-ring (bicyclic) bond motifs is 7. The maximum Gasteiger partial charge on any atom is 0.0785 e. The van der Waals surface area contributed by atoms with Crippen molar-refractivity contribution in [3.63, 3.8) is 0 Å². The molecule has 0 aliphatic carbocycles. The summed E-state index contributed by atoms with van der Waals surface area (Å²) in [5.41, 5.74) is 10.2. The van der Waals surface area contributed by atoms with Gasteiger partial charge in [-0.05, 0) is 56.7 Å². The number of para-hydroxylation sites is 1. The van der Waals surface area contributed by atoms with Gasteiger partial charge in [-0.2, -0.15) is 0 Å². The second-order valence-electron chi connectivity index (χ2n) is 8.58. The van der Waals surface area contributed by atoms with Crippen molar-refractivity contribution in [1.29, 1.82) is 0 Å². The van der Waals surface area contributed by atoms with Crippen LogP contribution in [0.2, 0.25) is 0 Å². The first-order chi connectivity index (χ1) is 14.5. The molecule has 30 heavy (non-hydrogen) atoms. The van der Waals surface area contributed by atoms with Crippen LogP contribution in [0.1, 0.15) is 16.7 Å². The topological polar surface area (TPSA) is 9.86 Å². The van der Waals surface area contributed by atoms with Gasteiger partial charge in [-0.25, -0.2) is 0 Å². The predicted molar refractivity (Wildman–Crippen MR) is 129 cm³/mol. The third kappa shape index (κ3) is 2.19. The molecule has 6 rings (SSSR count). The molecular formula is C28H24N2. The maximum absolute atomic E-state index is 2.47. The molecule has 2 heteroatoms. The molecule has 0 bridgehead atoms. The largest absolute Gasteiger partial charge is 0.342 e. The van der Waals surface area contributed by atoms with Crippen molar-refractivity contribution in [3.05, 3.63) is 89.5 Å². The Labute approximate surface area is 176 Å². The number of benzene rings is 4. The summed E-state index contributed by atoms with van der Waals surface area (Å²) < 4.78 is 4.83. The zero-order valence-corrected chi connectivity index (χ0v) is 17.8. The van der Waals surface area contributed by atoms with Gasteiger partial charge in [-0.15, -0.1) is 0 Å². The quantitative estimate of drug-likeness (QED) is 0.279. The van der Waals surface area contributed by atoms with Crippen LogP contribution in [0.25, 0.3) is 49.3 Å². The summed E-state index contributed by atoms with van der Waals surface area (Å²) in [5.74, 6) is 0. The van der Waals surface area contributed by atoms with E-state index in [1.54, 1.807) is 0 Å². The van der Waals surface area contributed by atoms with E-state index in [2.05, 4.69) is 110 Å². The first kappa shape index (κ1) is 17.3. The monoisotopic (exact) mass is 388 g/mol. The van der Waals surface area contributed by atoms with Gasteiger partial charge >= 0.3 is 0 Å². The van der Waals surface area contributed by atoms with E-state index < -0.39 is 0 Å². The Hall–Kier alpha value is -3.52. The van der Waals surface area contributed by atoms with Gasteiger partial charge in [0.2, 0.25) is 0 Å². The summed E-state index contributed by atoms with van der Waals surface area (Å²) in [6.45, 7) is 6.55. The number of nitrogens with zero attached hydrogens (tertiary/aromatic N) is 2. The number of hydrogen-bond acceptors (Lipinski definition) is 0. The Balaban J connectivity index is 1.94. The molecule has 2 aromatic heterocycles. The van der Waals surface area contributed by atoms with E-state index in [0.29, 0.717) is 0 Å². The van der Waals surface area contributed by atoms with E-state index in [9.17, 15) is 0 Å². The van der Waals surface area contributed by atoms with Crippen molar-refractivity contribution in [2.75, 3.05) is 0 Å². The maximum atomic E-state index is 2.47. The lowest BCUT2D eigenvalue weighted by molar-refractivity contribution is 1.01.